The fourth-order valence-electron chi connectivity index (χ4n) is 2.94. The topological polar surface area (TPSA) is 44.1 Å². The van der Waals surface area contributed by atoms with Crippen LogP contribution in [0.1, 0.15) is 30.7 Å². The van der Waals surface area contributed by atoms with Crippen molar-refractivity contribution in [3.63, 3.8) is 0 Å². The third kappa shape index (κ3) is 3.80. The highest BCUT2D eigenvalue weighted by Crippen LogP contribution is 2.37. The molecule has 0 bridgehead atoms. The van der Waals surface area contributed by atoms with E-state index in [-0.39, 0.29) is 16.9 Å². The van der Waals surface area contributed by atoms with Gasteiger partial charge < -0.3 is 4.74 Å². The number of benzene rings is 2. The average molecular weight is 389 g/mol. The first kappa shape index (κ1) is 19.0. The normalized spacial score (nSPS) is 13.7. The highest BCUT2D eigenvalue weighted by Gasteiger charge is 2.20. The Labute approximate surface area is 162 Å². The molecule has 3 rings (SSSR count). The van der Waals surface area contributed by atoms with E-state index in [0.717, 1.165) is 5.56 Å². The van der Waals surface area contributed by atoms with Crippen molar-refractivity contribution in [3.8, 4) is 0 Å². The van der Waals surface area contributed by atoms with E-state index >= 15 is 0 Å². The molecular formula is C20H21ClN2O2S. The van der Waals surface area contributed by atoms with Gasteiger partial charge in [-0.05, 0) is 37.6 Å². The number of rotatable bonds is 6. The van der Waals surface area contributed by atoms with Crippen molar-refractivity contribution in [2.45, 2.75) is 30.3 Å². The lowest BCUT2D eigenvalue weighted by Crippen LogP contribution is -2.28. The number of fused-ring (bicyclic) bond motifs is 1. The van der Waals surface area contributed by atoms with Crippen LogP contribution in [0.15, 0.2) is 58.5 Å². The maximum absolute atomic E-state index is 13.1. The number of aromatic nitrogens is 2. The molecule has 6 heteroatoms. The molecule has 0 saturated heterocycles. The molecular weight excluding hydrogens is 368 g/mol. The van der Waals surface area contributed by atoms with Crippen LogP contribution in [0.2, 0.25) is 5.02 Å². The van der Waals surface area contributed by atoms with E-state index in [1.807, 2.05) is 55.5 Å². The predicted molar refractivity (Wildman–Crippen MR) is 108 cm³/mol. The summed E-state index contributed by atoms with van der Waals surface area (Å²) in [6.45, 7) is 4.47. The number of ether oxygens (including phenoxy) is 1. The molecule has 3 aromatic rings. The Kier molecular flexibility index (Phi) is 6.01. The van der Waals surface area contributed by atoms with Gasteiger partial charge in [-0.25, -0.2) is 4.98 Å². The largest absolute Gasteiger partial charge is 0.383 e. The zero-order valence-electron chi connectivity index (χ0n) is 15.0. The number of halogens is 1. The molecule has 0 aliphatic rings. The minimum atomic E-state index is -0.120. The Morgan fingerprint density at radius 1 is 1.15 bits per heavy atom. The zero-order chi connectivity index (χ0) is 18.7. The summed E-state index contributed by atoms with van der Waals surface area (Å²) in [4.78, 5) is 17.8. The Bertz CT molecular complexity index is 973. The van der Waals surface area contributed by atoms with Crippen LogP contribution in [-0.2, 0) is 4.74 Å². The monoisotopic (exact) mass is 388 g/mol. The molecule has 0 spiro atoms. The number of methoxy groups -OCH3 is 1. The number of hydrogen-bond acceptors (Lipinski definition) is 4. The van der Waals surface area contributed by atoms with Crippen LogP contribution >= 0.6 is 23.4 Å². The molecule has 2 unspecified atom stereocenters. The van der Waals surface area contributed by atoms with Gasteiger partial charge >= 0.3 is 0 Å². The fourth-order valence-corrected chi connectivity index (χ4v) is 4.48. The van der Waals surface area contributed by atoms with Gasteiger partial charge in [0.25, 0.3) is 5.56 Å². The molecule has 0 N–H and O–H groups in total. The lowest BCUT2D eigenvalue weighted by Gasteiger charge is -2.21. The van der Waals surface area contributed by atoms with Crippen molar-refractivity contribution in [2.75, 3.05) is 13.7 Å². The number of hydrogen-bond donors (Lipinski definition) is 0. The van der Waals surface area contributed by atoms with Gasteiger partial charge in [-0.3, -0.25) is 9.36 Å². The molecule has 1 heterocycles. The summed E-state index contributed by atoms with van der Waals surface area (Å²) in [5, 5.41) is 2.06. The minimum Gasteiger partial charge on any atom is -0.383 e. The fraction of sp³-hybridized carbons (Fsp3) is 0.300. The second-order valence-corrected chi connectivity index (χ2v) is 7.89. The molecule has 0 radical (unpaired) electrons. The third-order valence-corrected chi connectivity index (χ3v) is 5.70. The maximum atomic E-state index is 13.1. The Morgan fingerprint density at radius 2 is 1.85 bits per heavy atom. The third-order valence-electron chi connectivity index (χ3n) is 4.25. The van der Waals surface area contributed by atoms with Crippen LogP contribution in [-0.4, -0.2) is 23.3 Å². The van der Waals surface area contributed by atoms with Crippen LogP contribution < -0.4 is 5.56 Å². The highest BCUT2D eigenvalue weighted by molar-refractivity contribution is 7.99. The van der Waals surface area contributed by atoms with Crippen molar-refractivity contribution in [3.05, 3.63) is 69.5 Å². The first-order valence-corrected chi connectivity index (χ1v) is 9.70. The summed E-state index contributed by atoms with van der Waals surface area (Å²) in [6.07, 6.45) is 0. The summed E-state index contributed by atoms with van der Waals surface area (Å²) in [6, 6.07) is 15.1. The van der Waals surface area contributed by atoms with Gasteiger partial charge in [-0.1, -0.05) is 53.7 Å². The molecule has 26 heavy (non-hydrogen) atoms. The van der Waals surface area contributed by atoms with Crippen LogP contribution in [0.3, 0.4) is 0 Å². The first-order valence-electron chi connectivity index (χ1n) is 8.44. The Morgan fingerprint density at radius 3 is 2.58 bits per heavy atom. The average Bonchev–Trinajstić information content (AvgIpc) is 2.62. The van der Waals surface area contributed by atoms with Crippen molar-refractivity contribution < 1.29 is 4.74 Å². The number of thioether (sulfide) groups is 1. The molecule has 136 valence electrons. The molecule has 4 nitrogen and oxygen atoms in total. The first-order chi connectivity index (χ1) is 12.5. The molecule has 1 aromatic heterocycles. The van der Waals surface area contributed by atoms with Gasteiger partial charge in [0.15, 0.2) is 5.16 Å². The molecule has 2 atom stereocenters. The molecule has 0 fully saturated rings. The molecule has 0 amide bonds. The van der Waals surface area contributed by atoms with E-state index in [4.69, 9.17) is 21.3 Å². The highest BCUT2D eigenvalue weighted by atomic mass is 35.5. The SMILES string of the molecule is COCC(C)n1c(SC(C)c2ccccc2Cl)nc2ccccc2c1=O. The predicted octanol–water partition coefficient (Wildman–Crippen LogP) is 5.11. The summed E-state index contributed by atoms with van der Waals surface area (Å²) in [5.41, 5.74) is 1.67. The van der Waals surface area contributed by atoms with E-state index in [1.165, 1.54) is 11.8 Å². The standard InChI is InChI=1S/C20H21ClN2O2S/c1-13(12-25-3)23-19(24)16-9-5-7-11-18(16)22-20(23)26-14(2)15-8-4-6-10-17(15)21/h4-11,13-14H,12H2,1-3H3. The van der Waals surface area contributed by atoms with Gasteiger partial charge in [0.05, 0.1) is 23.6 Å². The van der Waals surface area contributed by atoms with Gasteiger partial charge in [-0.2, -0.15) is 0 Å². The second-order valence-electron chi connectivity index (χ2n) is 6.17. The van der Waals surface area contributed by atoms with Gasteiger partial charge in [-0.15, -0.1) is 0 Å². The Balaban J connectivity index is 2.10. The zero-order valence-corrected chi connectivity index (χ0v) is 16.6. The van der Waals surface area contributed by atoms with Crippen LogP contribution in [0.4, 0.5) is 0 Å². The van der Waals surface area contributed by atoms with E-state index in [9.17, 15) is 4.79 Å². The molecule has 0 aliphatic carbocycles. The van der Waals surface area contributed by atoms with Crippen molar-refractivity contribution in [1.29, 1.82) is 0 Å². The summed E-state index contributed by atoms with van der Waals surface area (Å²) in [7, 11) is 1.63. The minimum absolute atomic E-state index is 0.0472. The summed E-state index contributed by atoms with van der Waals surface area (Å²) in [5.74, 6) is 0. The van der Waals surface area contributed by atoms with Crippen LogP contribution in [0.5, 0.6) is 0 Å². The molecule has 0 saturated carbocycles. The smallest absolute Gasteiger partial charge is 0.262 e. The summed E-state index contributed by atoms with van der Waals surface area (Å²) >= 11 is 7.87. The van der Waals surface area contributed by atoms with E-state index in [0.29, 0.717) is 27.7 Å². The van der Waals surface area contributed by atoms with Crippen molar-refractivity contribution in [1.82, 2.24) is 9.55 Å². The molecule has 2 aromatic carbocycles. The van der Waals surface area contributed by atoms with Gasteiger partial charge in [0.1, 0.15) is 0 Å². The van der Waals surface area contributed by atoms with E-state index < -0.39 is 0 Å². The quantitative estimate of drug-likeness (QED) is 0.434. The number of nitrogens with zero attached hydrogens (tertiary/aromatic N) is 2. The summed E-state index contributed by atoms with van der Waals surface area (Å²) < 4.78 is 7.00. The lowest BCUT2D eigenvalue weighted by atomic mass is 10.2. The van der Waals surface area contributed by atoms with Crippen molar-refractivity contribution in [2.24, 2.45) is 0 Å². The maximum Gasteiger partial charge on any atom is 0.262 e. The Hall–Kier alpha value is -1.82. The van der Waals surface area contributed by atoms with Gasteiger partial charge in [0.2, 0.25) is 0 Å². The van der Waals surface area contributed by atoms with Crippen LogP contribution in [0.25, 0.3) is 10.9 Å². The van der Waals surface area contributed by atoms with Crippen molar-refractivity contribution >= 4 is 34.3 Å². The van der Waals surface area contributed by atoms with E-state index in [2.05, 4.69) is 6.92 Å². The molecule has 0 aliphatic heterocycles. The number of para-hydroxylation sites is 1. The van der Waals surface area contributed by atoms with E-state index in [1.54, 1.807) is 11.7 Å². The van der Waals surface area contributed by atoms with Gasteiger partial charge in [0, 0.05) is 17.4 Å². The second kappa shape index (κ2) is 8.25. The lowest BCUT2D eigenvalue weighted by molar-refractivity contribution is 0.156. The van der Waals surface area contributed by atoms with Crippen LogP contribution in [0, 0.1) is 0 Å².